The van der Waals surface area contributed by atoms with Gasteiger partial charge in [-0.1, -0.05) is 13.8 Å². The molecular formula is C11H19NO5S2. The lowest BCUT2D eigenvalue weighted by Crippen LogP contribution is -2.46. The van der Waals surface area contributed by atoms with E-state index in [1.165, 1.54) is 0 Å². The molecule has 0 heterocycles. The summed E-state index contributed by atoms with van der Waals surface area (Å²) in [6.07, 6.45) is 2.55. The number of carbonyl (C=O) groups is 1. The molecule has 110 valence electrons. The Hall–Kier alpha value is -0.470. The molecule has 0 spiro atoms. The molecule has 2 bridgehead atoms. The first-order chi connectivity index (χ1) is 8.40. The van der Waals surface area contributed by atoms with Crippen molar-refractivity contribution in [3.8, 4) is 0 Å². The highest BCUT2D eigenvalue weighted by molar-refractivity contribution is 8.04. The fourth-order valence-electron chi connectivity index (χ4n) is 3.69. The molecule has 1 N–H and O–H groups in total. The van der Waals surface area contributed by atoms with Crippen LogP contribution in [0.25, 0.3) is 0 Å². The van der Waals surface area contributed by atoms with Gasteiger partial charge in [-0.3, -0.25) is 4.79 Å². The van der Waals surface area contributed by atoms with Gasteiger partial charge in [0.2, 0.25) is 20.0 Å². The Labute approximate surface area is 114 Å². The molecule has 0 saturated heterocycles. The van der Waals surface area contributed by atoms with Gasteiger partial charge in [-0.2, -0.15) is 0 Å². The fraction of sp³-hybridized carbons (Fsp3) is 0.909. The zero-order valence-electron chi connectivity index (χ0n) is 11.3. The smallest absolute Gasteiger partial charge is 0.225 e. The van der Waals surface area contributed by atoms with Crippen molar-refractivity contribution >= 4 is 25.8 Å². The van der Waals surface area contributed by atoms with E-state index in [1.54, 1.807) is 4.13 Å². The second-order valence-electron chi connectivity index (χ2n) is 6.28. The molecular weight excluding hydrogens is 290 g/mol. The molecule has 0 amide bonds. The SMILES string of the molecule is CC1(C)[C@H]2CC[C@@]1(CS(=O)(=O)NS(C)(=O)=O)C(=O)C2. The Kier molecular flexibility index (Phi) is 3.16. The number of Topliss-reactive ketones (excluding diaryl/α,β-unsaturated/α-hetero) is 1. The summed E-state index contributed by atoms with van der Waals surface area (Å²) in [5, 5.41) is 0. The van der Waals surface area contributed by atoms with Crippen LogP contribution in [0.4, 0.5) is 0 Å². The summed E-state index contributed by atoms with van der Waals surface area (Å²) in [4.78, 5) is 12.2. The summed E-state index contributed by atoms with van der Waals surface area (Å²) in [5.74, 6) is -0.281. The van der Waals surface area contributed by atoms with Crippen LogP contribution in [-0.2, 0) is 24.8 Å². The predicted molar refractivity (Wildman–Crippen MR) is 70.3 cm³/mol. The molecule has 8 heteroatoms. The first-order valence-corrected chi connectivity index (χ1v) is 9.69. The van der Waals surface area contributed by atoms with Crippen LogP contribution in [0.15, 0.2) is 0 Å². The van der Waals surface area contributed by atoms with Crippen LogP contribution in [0.3, 0.4) is 0 Å². The molecule has 6 nitrogen and oxygen atoms in total. The van der Waals surface area contributed by atoms with E-state index in [9.17, 15) is 21.6 Å². The van der Waals surface area contributed by atoms with E-state index in [1.807, 2.05) is 13.8 Å². The maximum Gasteiger partial charge on any atom is 0.225 e. The Morgan fingerprint density at radius 1 is 1.26 bits per heavy atom. The van der Waals surface area contributed by atoms with E-state index < -0.39 is 36.6 Å². The topological polar surface area (TPSA) is 97.4 Å². The third-order valence-electron chi connectivity index (χ3n) is 4.85. The van der Waals surface area contributed by atoms with Crippen LogP contribution >= 0.6 is 0 Å². The molecule has 19 heavy (non-hydrogen) atoms. The maximum atomic E-state index is 12.2. The summed E-state index contributed by atoms with van der Waals surface area (Å²) in [5.41, 5.74) is -1.33. The standard InChI is InChI=1S/C11H19NO5S2/c1-10(2)8-4-5-11(10,9(13)6-8)7-19(16,17)12-18(3,14)15/h8,12H,4-7H2,1-3H3/t8-,11+/m0/s1. The molecule has 2 rings (SSSR count). The zero-order valence-corrected chi connectivity index (χ0v) is 12.9. The number of rotatable bonds is 4. The Balaban J connectivity index is 2.35. The molecule has 0 unspecified atom stereocenters. The van der Waals surface area contributed by atoms with Gasteiger partial charge in [0.25, 0.3) is 0 Å². The average molecular weight is 309 g/mol. The Morgan fingerprint density at radius 2 is 1.84 bits per heavy atom. The van der Waals surface area contributed by atoms with Crippen molar-refractivity contribution in [1.82, 2.24) is 4.13 Å². The summed E-state index contributed by atoms with van der Waals surface area (Å²) < 4.78 is 47.8. The first-order valence-electron chi connectivity index (χ1n) is 6.14. The highest BCUT2D eigenvalue weighted by Gasteiger charge is 2.65. The maximum absolute atomic E-state index is 12.2. The van der Waals surface area contributed by atoms with E-state index >= 15 is 0 Å². The monoisotopic (exact) mass is 309 g/mol. The van der Waals surface area contributed by atoms with Gasteiger partial charge in [0.15, 0.2) is 0 Å². The van der Waals surface area contributed by atoms with Gasteiger partial charge >= 0.3 is 0 Å². The van der Waals surface area contributed by atoms with E-state index in [-0.39, 0.29) is 11.7 Å². The lowest BCUT2D eigenvalue weighted by molar-refractivity contribution is -0.128. The third kappa shape index (κ3) is 2.34. The summed E-state index contributed by atoms with van der Waals surface area (Å²) >= 11 is 0. The molecule has 0 aromatic heterocycles. The Bertz CT molecular complexity index is 619. The van der Waals surface area contributed by atoms with Gasteiger partial charge in [-0.15, -0.1) is 4.13 Å². The number of ketones is 1. The molecule has 2 aliphatic rings. The van der Waals surface area contributed by atoms with Crippen molar-refractivity contribution in [2.45, 2.75) is 33.1 Å². The second kappa shape index (κ2) is 4.02. The predicted octanol–water partition coefficient (Wildman–Crippen LogP) is 0.261. The number of sulfonamides is 2. The fourth-order valence-corrected chi connectivity index (χ4v) is 7.10. The van der Waals surface area contributed by atoms with Crippen molar-refractivity contribution in [2.75, 3.05) is 12.0 Å². The number of hydrogen-bond acceptors (Lipinski definition) is 5. The zero-order chi connectivity index (χ0) is 14.7. The minimum atomic E-state index is -4.03. The molecule has 0 aromatic carbocycles. The highest BCUT2D eigenvalue weighted by atomic mass is 32.3. The minimum Gasteiger partial charge on any atom is -0.299 e. The van der Waals surface area contributed by atoms with E-state index in [0.717, 1.165) is 12.7 Å². The number of carbonyl (C=O) groups excluding carboxylic acids is 1. The van der Waals surface area contributed by atoms with Crippen LogP contribution in [0.1, 0.15) is 33.1 Å². The second-order valence-corrected chi connectivity index (χ2v) is 10.0. The molecule has 0 aromatic rings. The third-order valence-corrected chi connectivity index (χ3v) is 7.95. The lowest BCUT2D eigenvalue weighted by Gasteiger charge is -2.35. The largest absolute Gasteiger partial charge is 0.299 e. The van der Waals surface area contributed by atoms with Gasteiger partial charge in [-0.05, 0) is 24.2 Å². The highest BCUT2D eigenvalue weighted by Crippen LogP contribution is 2.64. The normalized spacial score (nSPS) is 33.8. The average Bonchev–Trinajstić information content (AvgIpc) is 2.46. The number of fused-ring (bicyclic) bond motifs is 2. The van der Waals surface area contributed by atoms with Crippen molar-refractivity contribution in [2.24, 2.45) is 16.7 Å². The quantitative estimate of drug-likeness (QED) is 0.803. The molecule has 2 atom stereocenters. The first kappa shape index (κ1) is 14.9. The van der Waals surface area contributed by atoms with E-state index in [2.05, 4.69) is 0 Å². The molecule has 0 aliphatic heterocycles. The van der Waals surface area contributed by atoms with Crippen LogP contribution in [0.2, 0.25) is 0 Å². The van der Waals surface area contributed by atoms with Gasteiger partial charge in [0.1, 0.15) is 5.78 Å². The van der Waals surface area contributed by atoms with E-state index in [4.69, 9.17) is 0 Å². The van der Waals surface area contributed by atoms with E-state index in [0.29, 0.717) is 12.8 Å². The summed E-state index contributed by atoms with van der Waals surface area (Å²) in [6.45, 7) is 3.82. The molecule has 2 saturated carbocycles. The number of hydrogen-bond donors (Lipinski definition) is 1. The lowest BCUT2D eigenvalue weighted by atomic mass is 9.70. The molecule has 2 fully saturated rings. The van der Waals surface area contributed by atoms with Gasteiger partial charge in [-0.25, -0.2) is 16.8 Å². The van der Waals surface area contributed by atoms with Gasteiger partial charge < -0.3 is 0 Å². The van der Waals surface area contributed by atoms with Crippen LogP contribution in [0.5, 0.6) is 0 Å². The van der Waals surface area contributed by atoms with Crippen molar-refractivity contribution in [3.05, 3.63) is 0 Å². The summed E-state index contributed by atoms with van der Waals surface area (Å²) in [6, 6.07) is 0. The molecule has 0 radical (unpaired) electrons. The molecule has 2 aliphatic carbocycles. The van der Waals surface area contributed by atoms with Crippen molar-refractivity contribution < 1.29 is 21.6 Å². The summed E-state index contributed by atoms with van der Waals surface area (Å²) in [7, 11) is -7.88. The van der Waals surface area contributed by atoms with Crippen LogP contribution in [-0.4, -0.2) is 34.6 Å². The Morgan fingerprint density at radius 3 is 2.21 bits per heavy atom. The number of nitrogens with one attached hydrogen (secondary N) is 1. The van der Waals surface area contributed by atoms with Crippen molar-refractivity contribution in [3.63, 3.8) is 0 Å². The van der Waals surface area contributed by atoms with Crippen LogP contribution in [0, 0.1) is 16.7 Å². The van der Waals surface area contributed by atoms with Crippen LogP contribution < -0.4 is 4.13 Å². The van der Waals surface area contributed by atoms with Crippen molar-refractivity contribution in [1.29, 1.82) is 0 Å². The minimum absolute atomic E-state index is 0.0485. The van der Waals surface area contributed by atoms with Gasteiger partial charge in [0, 0.05) is 11.8 Å². The van der Waals surface area contributed by atoms with Gasteiger partial charge in [0.05, 0.1) is 12.0 Å².